The van der Waals surface area contributed by atoms with Crippen LogP contribution in [0.5, 0.6) is 5.75 Å². The van der Waals surface area contributed by atoms with Crippen LogP contribution in [-0.4, -0.2) is 56.5 Å². The maximum absolute atomic E-state index is 13.0. The van der Waals surface area contributed by atoms with Crippen molar-refractivity contribution in [1.82, 2.24) is 24.3 Å². The van der Waals surface area contributed by atoms with Crippen LogP contribution in [0.4, 0.5) is 0 Å². The number of aromatic nitrogens is 3. The molecule has 0 N–H and O–H groups in total. The number of nitrogens with zero attached hydrogens (tertiary/aromatic N) is 5. The summed E-state index contributed by atoms with van der Waals surface area (Å²) >= 11 is 0. The molecule has 0 bridgehead atoms. The summed E-state index contributed by atoms with van der Waals surface area (Å²) in [4.78, 5) is 33.9. The number of hydrogen-bond donors (Lipinski definition) is 0. The molecule has 0 atom stereocenters. The van der Waals surface area contributed by atoms with E-state index in [0.717, 1.165) is 23.6 Å². The van der Waals surface area contributed by atoms with Crippen molar-refractivity contribution >= 4 is 11.6 Å². The van der Waals surface area contributed by atoms with Gasteiger partial charge in [-0.2, -0.15) is 0 Å². The van der Waals surface area contributed by atoms with Gasteiger partial charge in [-0.25, -0.2) is 4.98 Å². The fraction of sp³-hybridized carbons (Fsp3) is 0.308. The fourth-order valence-electron chi connectivity index (χ4n) is 4.39. The topological polar surface area (TPSA) is 93.2 Å². The minimum atomic E-state index is -0.343. The molecular weight excluding hydrogens is 446 g/mol. The molecule has 35 heavy (non-hydrogen) atoms. The Labute approximate surface area is 202 Å². The van der Waals surface area contributed by atoms with Crippen LogP contribution >= 0.6 is 0 Å². The lowest BCUT2D eigenvalue weighted by molar-refractivity contribution is 0.0593. The van der Waals surface area contributed by atoms with Crippen LogP contribution < -0.4 is 10.3 Å². The third-order valence-corrected chi connectivity index (χ3v) is 6.15. The van der Waals surface area contributed by atoms with Gasteiger partial charge in [0.15, 0.2) is 0 Å². The highest BCUT2D eigenvalue weighted by molar-refractivity contribution is 5.93. The summed E-state index contributed by atoms with van der Waals surface area (Å²) in [5.74, 6) is 0.537. The van der Waals surface area contributed by atoms with Gasteiger partial charge in [0.1, 0.15) is 29.3 Å². The van der Waals surface area contributed by atoms with E-state index < -0.39 is 0 Å². The second kappa shape index (κ2) is 10.1. The SMILES string of the molecule is CN(Cc1cccc(OC2CCN(C(=O)c3cnc4ccccn4c3=O)CC2)c1)Cc1ccon1. The quantitative estimate of drug-likeness (QED) is 0.407. The molecule has 1 aromatic carbocycles. The average Bonchev–Trinajstić information content (AvgIpc) is 3.38. The fourth-order valence-corrected chi connectivity index (χ4v) is 4.39. The van der Waals surface area contributed by atoms with Gasteiger partial charge in [-0.3, -0.25) is 18.9 Å². The minimum absolute atomic E-state index is 0.0120. The number of fused-ring (bicyclic) bond motifs is 1. The number of pyridine rings is 1. The molecule has 1 fully saturated rings. The first kappa shape index (κ1) is 22.8. The minimum Gasteiger partial charge on any atom is -0.490 e. The van der Waals surface area contributed by atoms with Crippen LogP contribution in [0.15, 0.2) is 76.5 Å². The van der Waals surface area contributed by atoms with Crippen LogP contribution in [0.25, 0.3) is 5.65 Å². The third kappa shape index (κ3) is 5.25. The van der Waals surface area contributed by atoms with Crippen molar-refractivity contribution < 1.29 is 14.1 Å². The Morgan fingerprint density at radius 3 is 2.80 bits per heavy atom. The highest BCUT2D eigenvalue weighted by Gasteiger charge is 2.26. The second-order valence-corrected chi connectivity index (χ2v) is 8.83. The summed E-state index contributed by atoms with van der Waals surface area (Å²) in [7, 11) is 2.03. The molecule has 9 nitrogen and oxygen atoms in total. The van der Waals surface area contributed by atoms with Crippen LogP contribution in [0.1, 0.15) is 34.5 Å². The molecule has 0 spiro atoms. The van der Waals surface area contributed by atoms with E-state index >= 15 is 0 Å². The van der Waals surface area contributed by atoms with E-state index in [0.29, 0.717) is 38.1 Å². The van der Waals surface area contributed by atoms with Crippen molar-refractivity contribution in [3.63, 3.8) is 0 Å². The van der Waals surface area contributed by atoms with Crippen LogP contribution in [-0.2, 0) is 13.1 Å². The highest BCUT2D eigenvalue weighted by atomic mass is 16.5. The molecule has 0 aliphatic carbocycles. The summed E-state index contributed by atoms with van der Waals surface area (Å²) in [5.41, 5.74) is 2.31. The number of carbonyl (C=O) groups is 1. The predicted octanol–water partition coefficient (Wildman–Crippen LogP) is 3.00. The largest absolute Gasteiger partial charge is 0.490 e. The van der Waals surface area contributed by atoms with Crippen molar-refractivity contribution in [2.75, 3.05) is 20.1 Å². The number of likely N-dealkylation sites (tertiary alicyclic amines) is 1. The molecule has 1 aliphatic heterocycles. The lowest BCUT2D eigenvalue weighted by Gasteiger charge is -2.32. The molecule has 4 aromatic rings. The molecule has 180 valence electrons. The Morgan fingerprint density at radius 2 is 2.00 bits per heavy atom. The van der Waals surface area contributed by atoms with Gasteiger partial charge in [0, 0.05) is 57.5 Å². The molecular formula is C26H27N5O4. The van der Waals surface area contributed by atoms with Gasteiger partial charge < -0.3 is 14.2 Å². The van der Waals surface area contributed by atoms with Gasteiger partial charge in [0.25, 0.3) is 11.5 Å². The van der Waals surface area contributed by atoms with Gasteiger partial charge in [0.05, 0.1) is 5.69 Å². The summed E-state index contributed by atoms with van der Waals surface area (Å²) in [6.07, 6.45) is 6.00. The summed E-state index contributed by atoms with van der Waals surface area (Å²) in [5, 5.41) is 3.96. The number of amides is 1. The Bertz CT molecular complexity index is 1360. The maximum atomic E-state index is 13.0. The highest BCUT2D eigenvalue weighted by Crippen LogP contribution is 2.22. The monoisotopic (exact) mass is 473 g/mol. The summed E-state index contributed by atoms with van der Waals surface area (Å²) in [6, 6.07) is 15.2. The van der Waals surface area contributed by atoms with E-state index in [2.05, 4.69) is 27.2 Å². The number of benzene rings is 1. The van der Waals surface area contributed by atoms with Gasteiger partial charge >= 0.3 is 0 Å². The van der Waals surface area contributed by atoms with Crippen molar-refractivity contribution in [2.45, 2.75) is 32.0 Å². The Morgan fingerprint density at radius 1 is 1.14 bits per heavy atom. The molecule has 1 aliphatic rings. The number of hydrogen-bond acceptors (Lipinski definition) is 7. The summed E-state index contributed by atoms with van der Waals surface area (Å²) in [6.45, 7) is 2.51. The zero-order valence-electron chi connectivity index (χ0n) is 19.5. The van der Waals surface area contributed by atoms with Gasteiger partial charge in [-0.05, 0) is 36.9 Å². The average molecular weight is 474 g/mol. The van der Waals surface area contributed by atoms with Crippen LogP contribution in [0.2, 0.25) is 0 Å². The standard InChI is InChI=1S/C26H27N5O4/c1-29(18-20-10-14-34-28-20)17-19-5-4-6-22(15-19)35-21-8-12-30(13-9-21)25(32)23-16-27-24-7-2-3-11-31(24)26(23)33/h2-7,10-11,14-16,21H,8-9,12-13,17-18H2,1H3. The number of piperidine rings is 1. The Hall–Kier alpha value is -3.98. The van der Waals surface area contributed by atoms with E-state index in [4.69, 9.17) is 9.26 Å². The lowest BCUT2D eigenvalue weighted by atomic mass is 10.1. The van der Waals surface area contributed by atoms with Crippen LogP contribution in [0, 0.1) is 0 Å². The smallest absolute Gasteiger partial charge is 0.270 e. The summed E-state index contributed by atoms with van der Waals surface area (Å²) < 4.78 is 12.5. The lowest BCUT2D eigenvalue weighted by Crippen LogP contribution is -2.43. The molecule has 5 rings (SSSR count). The molecule has 0 radical (unpaired) electrons. The Kier molecular flexibility index (Phi) is 6.58. The van der Waals surface area contributed by atoms with Crippen LogP contribution in [0.3, 0.4) is 0 Å². The molecule has 0 saturated carbocycles. The molecule has 9 heteroatoms. The van der Waals surface area contributed by atoms with E-state index in [1.807, 2.05) is 25.2 Å². The van der Waals surface area contributed by atoms with Gasteiger partial charge in [-0.1, -0.05) is 23.4 Å². The van der Waals surface area contributed by atoms with Gasteiger partial charge in [-0.15, -0.1) is 0 Å². The van der Waals surface area contributed by atoms with E-state index in [-0.39, 0.29) is 23.1 Å². The predicted molar refractivity (Wildman–Crippen MR) is 129 cm³/mol. The van der Waals surface area contributed by atoms with Crippen molar-refractivity contribution in [3.8, 4) is 5.75 Å². The number of rotatable bonds is 7. The molecule has 4 heterocycles. The molecule has 3 aromatic heterocycles. The van der Waals surface area contributed by atoms with E-state index in [1.165, 1.54) is 10.6 Å². The van der Waals surface area contributed by atoms with Crippen molar-refractivity contribution in [2.24, 2.45) is 0 Å². The normalized spacial score (nSPS) is 14.5. The first-order valence-electron chi connectivity index (χ1n) is 11.7. The molecule has 1 saturated heterocycles. The van der Waals surface area contributed by atoms with E-state index in [1.54, 1.807) is 35.6 Å². The second-order valence-electron chi connectivity index (χ2n) is 8.83. The Balaban J connectivity index is 1.17. The van der Waals surface area contributed by atoms with E-state index in [9.17, 15) is 9.59 Å². The van der Waals surface area contributed by atoms with Crippen molar-refractivity contribution in [1.29, 1.82) is 0 Å². The zero-order valence-corrected chi connectivity index (χ0v) is 19.5. The number of carbonyl (C=O) groups excluding carboxylic acids is 1. The molecule has 1 amide bonds. The third-order valence-electron chi connectivity index (χ3n) is 6.15. The molecule has 0 unspecified atom stereocenters. The first-order chi connectivity index (χ1) is 17.1. The number of ether oxygens (including phenoxy) is 1. The van der Waals surface area contributed by atoms with Crippen molar-refractivity contribution in [3.05, 3.63) is 94.4 Å². The first-order valence-corrected chi connectivity index (χ1v) is 11.7. The maximum Gasteiger partial charge on any atom is 0.270 e. The van der Waals surface area contributed by atoms with Gasteiger partial charge in [0.2, 0.25) is 0 Å². The zero-order chi connectivity index (χ0) is 24.2.